The number of nitrogens with zero attached hydrogens (tertiary/aromatic N) is 2. The molecule has 0 saturated heterocycles. The van der Waals surface area contributed by atoms with Gasteiger partial charge in [0.2, 0.25) is 5.91 Å². The molecule has 2 aromatic heterocycles. The third-order valence-corrected chi connectivity index (χ3v) is 6.57. The number of nitrogens with one attached hydrogen (secondary N) is 1. The molecule has 10 heteroatoms. The molecule has 0 bridgehead atoms. The Kier molecular flexibility index (Phi) is 7.25. The van der Waals surface area contributed by atoms with Crippen molar-refractivity contribution in [1.82, 2.24) is 15.0 Å². The van der Waals surface area contributed by atoms with Crippen molar-refractivity contribution in [2.75, 3.05) is 19.5 Å². The average molecular weight is 413 g/mol. The van der Waals surface area contributed by atoms with Crippen molar-refractivity contribution >= 4 is 45.2 Å². The van der Waals surface area contributed by atoms with Gasteiger partial charge < -0.3 is 15.9 Å². The summed E-state index contributed by atoms with van der Waals surface area (Å²) in [4.78, 5) is 42.1. The molecule has 1 amide bonds. The average Bonchev–Trinajstić information content (AvgIpc) is 2.99. The molecule has 0 unspecified atom stereocenters. The number of nitrogens with two attached hydrogens (primary N) is 1. The molecule has 27 heavy (non-hydrogen) atoms. The van der Waals surface area contributed by atoms with E-state index in [2.05, 4.69) is 17.2 Å². The summed E-state index contributed by atoms with van der Waals surface area (Å²) >= 11 is 2.23. The zero-order valence-corrected chi connectivity index (χ0v) is 17.5. The van der Waals surface area contributed by atoms with Gasteiger partial charge >= 0.3 is 5.97 Å². The first-order valence-electron chi connectivity index (χ1n) is 8.69. The maximum absolute atomic E-state index is 12.7. The van der Waals surface area contributed by atoms with Gasteiger partial charge in [-0.2, -0.15) is 0 Å². The Hall–Kier alpha value is -2.07. The molecule has 148 valence electrons. The highest BCUT2D eigenvalue weighted by molar-refractivity contribution is 8.00. The highest BCUT2D eigenvalue weighted by atomic mass is 32.2. The van der Waals surface area contributed by atoms with Crippen molar-refractivity contribution in [3.05, 3.63) is 20.8 Å². The van der Waals surface area contributed by atoms with Crippen LogP contribution >= 0.6 is 23.1 Å². The number of fused-ring (bicyclic) bond motifs is 1. The van der Waals surface area contributed by atoms with E-state index in [1.165, 1.54) is 7.11 Å². The largest absolute Gasteiger partial charge is 0.465 e. The summed E-state index contributed by atoms with van der Waals surface area (Å²) in [5, 5.41) is 3.01. The fraction of sp³-hybridized carbons (Fsp3) is 0.529. The Balaban J connectivity index is 2.38. The molecule has 0 aliphatic heterocycles. The van der Waals surface area contributed by atoms with E-state index in [4.69, 9.17) is 10.6 Å². The summed E-state index contributed by atoms with van der Waals surface area (Å²) in [5.74, 6) is 5.31. The van der Waals surface area contributed by atoms with Gasteiger partial charge in [-0.05, 0) is 25.3 Å². The molecule has 0 fully saturated rings. The van der Waals surface area contributed by atoms with Gasteiger partial charge in [-0.3, -0.25) is 9.59 Å². The lowest BCUT2D eigenvalue weighted by Crippen LogP contribution is -2.35. The van der Waals surface area contributed by atoms with Gasteiger partial charge in [0.15, 0.2) is 5.16 Å². The van der Waals surface area contributed by atoms with Gasteiger partial charge in [0.1, 0.15) is 9.71 Å². The lowest BCUT2D eigenvalue weighted by atomic mass is 10.2. The second kappa shape index (κ2) is 9.23. The topological polar surface area (TPSA) is 116 Å². The number of carbonyl (C=O) groups is 2. The Morgan fingerprint density at radius 3 is 2.70 bits per heavy atom. The van der Waals surface area contributed by atoms with Gasteiger partial charge in [-0.25, -0.2) is 14.5 Å². The summed E-state index contributed by atoms with van der Waals surface area (Å²) in [6.45, 7) is 6.22. The van der Waals surface area contributed by atoms with E-state index in [1.807, 2.05) is 6.92 Å². The molecule has 2 aromatic rings. The van der Waals surface area contributed by atoms with Crippen molar-refractivity contribution < 1.29 is 14.3 Å². The van der Waals surface area contributed by atoms with Crippen molar-refractivity contribution in [2.24, 2.45) is 0 Å². The smallest absolute Gasteiger partial charge is 0.348 e. The first-order chi connectivity index (χ1) is 12.8. The molecule has 0 aromatic carbocycles. The number of nitrogen functional groups attached to an aromatic ring is 1. The van der Waals surface area contributed by atoms with E-state index in [0.29, 0.717) is 33.6 Å². The molecule has 2 heterocycles. The molecule has 0 spiro atoms. The Morgan fingerprint density at radius 1 is 1.41 bits per heavy atom. The lowest BCUT2D eigenvalue weighted by Gasteiger charge is -2.15. The molecular weight excluding hydrogens is 388 g/mol. The number of amides is 1. The Morgan fingerprint density at radius 2 is 2.11 bits per heavy atom. The molecule has 0 aliphatic rings. The van der Waals surface area contributed by atoms with Crippen LogP contribution in [0.4, 0.5) is 0 Å². The zero-order valence-electron chi connectivity index (χ0n) is 15.8. The molecule has 8 nitrogen and oxygen atoms in total. The number of hydrogen-bond acceptors (Lipinski definition) is 8. The maximum Gasteiger partial charge on any atom is 0.348 e. The number of aromatic nitrogens is 2. The number of unbranched alkanes of at least 4 members (excludes halogenated alkanes) is 1. The van der Waals surface area contributed by atoms with Crippen LogP contribution in [0.5, 0.6) is 0 Å². The number of thioether (sulfide) groups is 1. The number of methoxy groups -OCH3 is 1. The van der Waals surface area contributed by atoms with E-state index in [1.54, 1.807) is 6.92 Å². The summed E-state index contributed by atoms with van der Waals surface area (Å²) < 4.78 is 5.69. The normalized spacial score (nSPS) is 12.1. The van der Waals surface area contributed by atoms with Crippen LogP contribution in [0.25, 0.3) is 10.2 Å². The molecule has 0 radical (unpaired) electrons. The highest BCUT2D eigenvalue weighted by Crippen LogP contribution is 2.30. The van der Waals surface area contributed by atoms with Gasteiger partial charge in [-0.1, -0.05) is 32.0 Å². The van der Waals surface area contributed by atoms with Crippen LogP contribution in [-0.2, 0) is 9.53 Å². The van der Waals surface area contributed by atoms with Gasteiger partial charge in [-0.15, -0.1) is 11.3 Å². The number of thiophene rings is 1. The van der Waals surface area contributed by atoms with Gasteiger partial charge in [0.25, 0.3) is 5.56 Å². The Labute approximate surface area is 165 Å². The van der Waals surface area contributed by atoms with Crippen LogP contribution in [0.15, 0.2) is 9.95 Å². The quantitative estimate of drug-likeness (QED) is 0.224. The summed E-state index contributed by atoms with van der Waals surface area (Å²) in [6.07, 6.45) is 2.46. The predicted molar refractivity (Wildman–Crippen MR) is 108 cm³/mol. The Bertz CT molecular complexity index is 906. The summed E-state index contributed by atoms with van der Waals surface area (Å²) in [7, 11) is 1.28. The lowest BCUT2D eigenvalue weighted by molar-refractivity contribution is -0.120. The molecule has 3 N–H and O–H groups in total. The minimum atomic E-state index is -0.519. The molecule has 2 rings (SSSR count). The third-order valence-electron chi connectivity index (χ3n) is 4.08. The second-order valence-electron chi connectivity index (χ2n) is 5.96. The van der Waals surface area contributed by atoms with Crippen LogP contribution in [0.3, 0.4) is 0 Å². The number of aryl methyl sites for hydroxylation is 1. The summed E-state index contributed by atoms with van der Waals surface area (Å²) in [6, 6.07) is 0. The maximum atomic E-state index is 12.7. The zero-order chi connectivity index (χ0) is 20.1. The minimum absolute atomic E-state index is 0.108. The van der Waals surface area contributed by atoms with E-state index in [9.17, 15) is 14.4 Å². The first-order valence-corrected chi connectivity index (χ1v) is 10.4. The van der Waals surface area contributed by atoms with Crippen LogP contribution < -0.4 is 16.7 Å². The van der Waals surface area contributed by atoms with E-state index < -0.39 is 16.8 Å². The fourth-order valence-corrected chi connectivity index (χ4v) is 4.60. The first kappa shape index (κ1) is 21.2. The van der Waals surface area contributed by atoms with E-state index >= 15 is 0 Å². The van der Waals surface area contributed by atoms with Gasteiger partial charge in [0, 0.05) is 6.54 Å². The highest BCUT2D eigenvalue weighted by Gasteiger charge is 2.24. The molecule has 0 aliphatic carbocycles. The molecule has 0 saturated carbocycles. The minimum Gasteiger partial charge on any atom is -0.465 e. The van der Waals surface area contributed by atoms with Crippen molar-refractivity contribution in [3.63, 3.8) is 0 Å². The second-order valence-corrected chi connectivity index (χ2v) is 8.13. The van der Waals surface area contributed by atoms with Crippen molar-refractivity contribution in [1.29, 1.82) is 0 Å². The van der Waals surface area contributed by atoms with E-state index in [0.717, 1.165) is 40.6 Å². The standard InChI is InChI=1S/C17H24N4O4S2/c1-5-7-8-19-13(22)10(6-2)26-17-20-14-11(15(23)21(17)18)9(3)12(27-14)16(24)25-4/h10H,5-8,18H2,1-4H3,(H,19,22)/t10-/m0/s1. The van der Waals surface area contributed by atoms with Crippen LogP contribution in [0.2, 0.25) is 0 Å². The number of hydrogen-bond donors (Lipinski definition) is 2. The van der Waals surface area contributed by atoms with Crippen LogP contribution in [0, 0.1) is 6.92 Å². The summed E-state index contributed by atoms with van der Waals surface area (Å²) in [5.41, 5.74) is 0.0482. The van der Waals surface area contributed by atoms with E-state index in [-0.39, 0.29) is 11.1 Å². The van der Waals surface area contributed by atoms with Gasteiger partial charge in [0.05, 0.1) is 17.7 Å². The monoisotopic (exact) mass is 412 g/mol. The number of esters is 1. The van der Waals surface area contributed by atoms with Crippen molar-refractivity contribution in [2.45, 2.75) is 50.4 Å². The van der Waals surface area contributed by atoms with Crippen LogP contribution in [-0.4, -0.2) is 40.4 Å². The SMILES string of the molecule is CCCCNC(=O)[C@H](CC)Sc1nc2sc(C(=O)OC)c(C)c2c(=O)n1N. The molecular formula is C17H24N4O4S2. The third kappa shape index (κ3) is 4.44. The number of rotatable bonds is 8. The van der Waals surface area contributed by atoms with Crippen LogP contribution in [0.1, 0.15) is 48.3 Å². The number of ether oxygens (including phenoxy) is 1. The fourth-order valence-electron chi connectivity index (χ4n) is 2.50. The molecule has 1 atom stereocenters. The number of carbonyl (C=O) groups excluding carboxylic acids is 2. The van der Waals surface area contributed by atoms with Crippen molar-refractivity contribution in [3.8, 4) is 0 Å². The predicted octanol–water partition coefficient (Wildman–Crippen LogP) is 2.05.